The highest BCUT2D eigenvalue weighted by atomic mass is 16.2. The van der Waals surface area contributed by atoms with E-state index in [0.717, 1.165) is 13.1 Å². The van der Waals surface area contributed by atoms with Crippen LogP contribution in [0.5, 0.6) is 0 Å². The van der Waals surface area contributed by atoms with E-state index >= 15 is 0 Å². The Morgan fingerprint density at radius 3 is 3.00 bits per heavy atom. The molecule has 5 heteroatoms. The van der Waals surface area contributed by atoms with E-state index in [9.17, 15) is 4.79 Å². The fraction of sp³-hybridized carbons (Fsp3) is 0.375. The minimum absolute atomic E-state index is 0.0797. The minimum Gasteiger partial charge on any atom is -0.355 e. The molecule has 0 radical (unpaired) electrons. The van der Waals surface area contributed by atoms with Gasteiger partial charge in [0, 0.05) is 32.0 Å². The number of fused-ring (bicyclic) bond motifs is 1. The monoisotopic (exact) mass is 284 g/mol. The van der Waals surface area contributed by atoms with Crippen LogP contribution in [0.3, 0.4) is 0 Å². The largest absolute Gasteiger partial charge is 0.355 e. The number of hydrogen-bond acceptors (Lipinski definition) is 3. The van der Waals surface area contributed by atoms with E-state index in [1.54, 1.807) is 6.20 Å². The van der Waals surface area contributed by atoms with E-state index < -0.39 is 0 Å². The molecule has 1 aliphatic rings. The van der Waals surface area contributed by atoms with Gasteiger partial charge in [-0.15, -0.1) is 0 Å². The Hall–Kier alpha value is -2.14. The van der Waals surface area contributed by atoms with Gasteiger partial charge in [-0.25, -0.2) is 0 Å². The number of rotatable bonds is 4. The van der Waals surface area contributed by atoms with Crippen LogP contribution < -0.4 is 5.32 Å². The number of nitrogens with zero attached hydrogens (tertiary/aromatic N) is 3. The second kappa shape index (κ2) is 6.10. The summed E-state index contributed by atoms with van der Waals surface area (Å²) in [7, 11) is 0. The average Bonchev–Trinajstić information content (AvgIpc) is 3.00. The fourth-order valence-electron chi connectivity index (χ4n) is 2.92. The van der Waals surface area contributed by atoms with Gasteiger partial charge in [0.25, 0.3) is 0 Å². The second-order valence-electron chi connectivity index (χ2n) is 5.32. The Labute approximate surface area is 124 Å². The first-order valence-electron chi connectivity index (χ1n) is 7.34. The van der Waals surface area contributed by atoms with Gasteiger partial charge in [0.1, 0.15) is 0 Å². The third kappa shape index (κ3) is 2.97. The van der Waals surface area contributed by atoms with Crippen LogP contribution in [0.15, 0.2) is 42.7 Å². The number of benzene rings is 1. The van der Waals surface area contributed by atoms with Crippen molar-refractivity contribution >= 4 is 5.91 Å². The summed E-state index contributed by atoms with van der Waals surface area (Å²) >= 11 is 0. The normalized spacial score (nSPS) is 18.2. The first kappa shape index (κ1) is 13.8. The standard InChI is InChI=1S/C16H20N4O/c1-2-17-16(21)12-19-10-13-6-3-4-7-14(13)15(11-19)20-9-5-8-18-20/h3-9,15H,2,10-12H2,1H3,(H,17,21)/t15-/m0/s1. The van der Waals surface area contributed by atoms with Gasteiger partial charge in [0.2, 0.25) is 5.91 Å². The molecule has 3 rings (SSSR count). The molecule has 1 aliphatic heterocycles. The lowest BCUT2D eigenvalue weighted by Crippen LogP contribution is -2.42. The SMILES string of the molecule is CCNC(=O)CN1Cc2ccccc2[C@@H](n2cccn2)C1. The Balaban J connectivity index is 1.85. The van der Waals surface area contributed by atoms with Crippen molar-refractivity contribution in [2.75, 3.05) is 19.6 Å². The highest BCUT2D eigenvalue weighted by molar-refractivity contribution is 5.78. The molecule has 0 bridgehead atoms. The van der Waals surface area contributed by atoms with Crippen molar-refractivity contribution in [1.82, 2.24) is 20.0 Å². The van der Waals surface area contributed by atoms with Gasteiger partial charge in [-0.3, -0.25) is 14.4 Å². The van der Waals surface area contributed by atoms with Crippen LogP contribution in [0.1, 0.15) is 24.1 Å². The molecule has 1 N–H and O–H groups in total. The van der Waals surface area contributed by atoms with E-state index in [4.69, 9.17) is 0 Å². The fourth-order valence-corrected chi connectivity index (χ4v) is 2.92. The lowest BCUT2D eigenvalue weighted by Gasteiger charge is -2.34. The van der Waals surface area contributed by atoms with Gasteiger partial charge in [-0.1, -0.05) is 24.3 Å². The zero-order chi connectivity index (χ0) is 14.7. The third-order valence-electron chi connectivity index (χ3n) is 3.82. The molecule has 5 nitrogen and oxygen atoms in total. The summed E-state index contributed by atoms with van der Waals surface area (Å²) < 4.78 is 1.97. The molecule has 1 amide bonds. The molecule has 0 unspecified atom stereocenters. The maximum Gasteiger partial charge on any atom is 0.234 e. The van der Waals surface area contributed by atoms with Crippen molar-refractivity contribution in [2.45, 2.75) is 19.5 Å². The minimum atomic E-state index is 0.0797. The summed E-state index contributed by atoms with van der Waals surface area (Å²) in [5.41, 5.74) is 2.57. The summed E-state index contributed by atoms with van der Waals surface area (Å²) in [5.74, 6) is 0.0797. The molecule has 1 atom stereocenters. The van der Waals surface area contributed by atoms with Gasteiger partial charge < -0.3 is 5.32 Å². The Morgan fingerprint density at radius 2 is 2.24 bits per heavy atom. The van der Waals surface area contributed by atoms with Gasteiger partial charge in [0.05, 0.1) is 12.6 Å². The average molecular weight is 284 g/mol. The molecule has 0 aliphatic carbocycles. The van der Waals surface area contributed by atoms with Gasteiger partial charge >= 0.3 is 0 Å². The predicted molar refractivity (Wildman–Crippen MR) is 80.8 cm³/mol. The first-order valence-corrected chi connectivity index (χ1v) is 7.34. The zero-order valence-electron chi connectivity index (χ0n) is 12.2. The highest BCUT2D eigenvalue weighted by Crippen LogP contribution is 2.28. The topological polar surface area (TPSA) is 50.2 Å². The maximum absolute atomic E-state index is 11.8. The lowest BCUT2D eigenvalue weighted by atomic mass is 9.95. The van der Waals surface area contributed by atoms with Crippen LogP contribution in [0.2, 0.25) is 0 Å². The quantitative estimate of drug-likeness (QED) is 0.924. The number of carbonyl (C=O) groups excluding carboxylic acids is 1. The molecule has 1 aromatic carbocycles. The molecule has 110 valence electrons. The molecule has 0 saturated carbocycles. The van der Waals surface area contributed by atoms with Crippen LogP contribution in [0.25, 0.3) is 0 Å². The highest BCUT2D eigenvalue weighted by Gasteiger charge is 2.27. The number of nitrogens with one attached hydrogen (secondary N) is 1. The number of carbonyl (C=O) groups is 1. The van der Waals surface area contributed by atoms with E-state index in [0.29, 0.717) is 13.1 Å². The van der Waals surface area contributed by atoms with Gasteiger partial charge in [-0.05, 0) is 24.1 Å². The molecule has 2 heterocycles. The van der Waals surface area contributed by atoms with E-state index in [1.165, 1.54) is 11.1 Å². The van der Waals surface area contributed by atoms with Crippen LogP contribution >= 0.6 is 0 Å². The Kier molecular flexibility index (Phi) is 4.01. The summed E-state index contributed by atoms with van der Waals surface area (Å²) in [5, 5.41) is 7.24. The number of hydrogen-bond donors (Lipinski definition) is 1. The van der Waals surface area contributed by atoms with Crippen molar-refractivity contribution in [3.05, 3.63) is 53.9 Å². The summed E-state index contributed by atoms with van der Waals surface area (Å²) in [6.45, 7) is 4.66. The molecule has 21 heavy (non-hydrogen) atoms. The number of aromatic nitrogens is 2. The van der Waals surface area contributed by atoms with Crippen molar-refractivity contribution in [3.63, 3.8) is 0 Å². The number of amides is 1. The van der Waals surface area contributed by atoms with Crippen LogP contribution in [0.4, 0.5) is 0 Å². The summed E-state index contributed by atoms with van der Waals surface area (Å²) in [6, 6.07) is 10.5. The van der Waals surface area contributed by atoms with Crippen molar-refractivity contribution in [2.24, 2.45) is 0 Å². The molecule has 0 saturated heterocycles. The van der Waals surface area contributed by atoms with E-state index in [2.05, 4.69) is 39.6 Å². The molecule has 0 fully saturated rings. The lowest BCUT2D eigenvalue weighted by molar-refractivity contribution is -0.122. The van der Waals surface area contributed by atoms with Crippen LogP contribution in [-0.4, -0.2) is 40.2 Å². The Morgan fingerprint density at radius 1 is 1.38 bits per heavy atom. The second-order valence-corrected chi connectivity index (χ2v) is 5.32. The van der Waals surface area contributed by atoms with Crippen molar-refractivity contribution in [3.8, 4) is 0 Å². The molecule has 0 spiro atoms. The molecule has 2 aromatic rings. The number of likely N-dealkylation sites (N-methyl/N-ethyl adjacent to an activating group) is 1. The summed E-state index contributed by atoms with van der Waals surface area (Å²) in [6.07, 6.45) is 3.78. The first-order chi connectivity index (χ1) is 10.3. The van der Waals surface area contributed by atoms with Crippen LogP contribution in [-0.2, 0) is 11.3 Å². The smallest absolute Gasteiger partial charge is 0.234 e. The van der Waals surface area contributed by atoms with Gasteiger partial charge in [0.15, 0.2) is 0 Å². The third-order valence-corrected chi connectivity index (χ3v) is 3.82. The molecular formula is C16H20N4O. The van der Waals surface area contributed by atoms with E-state index in [1.807, 2.05) is 23.9 Å². The molecular weight excluding hydrogens is 264 g/mol. The zero-order valence-corrected chi connectivity index (χ0v) is 12.2. The van der Waals surface area contributed by atoms with Gasteiger partial charge in [-0.2, -0.15) is 5.10 Å². The van der Waals surface area contributed by atoms with Crippen LogP contribution in [0, 0.1) is 0 Å². The van der Waals surface area contributed by atoms with E-state index in [-0.39, 0.29) is 11.9 Å². The molecule has 1 aromatic heterocycles. The maximum atomic E-state index is 11.8. The van der Waals surface area contributed by atoms with Crippen molar-refractivity contribution in [1.29, 1.82) is 0 Å². The summed E-state index contributed by atoms with van der Waals surface area (Å²) in [4.78, 5) is 14.0. The Bertz CT molecular complexity index is 608. The predicted octanol–water partition coefficient (Wildman–Crippen LogP) is 1.42. The van der Waals surface area contributed by atoms with Crippen molar-refractivity contribution < 1.29 is 4.79 Å².